The minimum absolute atomic E-state index is 0.374. The molecule has 1 amide bonds. The van der Waals surface area contributed by atoms with Gasteiger partial charge in [0.1, 0.15) is 5.75 Å². The number of rotatable bonds is 5. The second-order valence-corrected chi connectivity index (χ2v) is 4.94. The van der Waals surface area contributed by atoms with Crippen molar-refractivity contribution in [3.05, 3.63) is 53.6 Å². The van der Waals surface area contributed by atoms with Crippen molar-refractivity contribution in [2.24, 2.45) is 5.84 Å². The molecule has 0 aliphatic carbocycles. The number of nitrogens with one attached hydrogen (secondary N) is 1. The third kappa shape index (κ3) is 3.74. The molecule has 3 N–H and O–H groups in total. The maximum Gasteiger partial charge on any atom is 0.274 e. The van der Waals surface area contributed by atoms with Crippen LogP contribution in [0.3, 0.4) is 0 Å². The van der Waals surface area contributed by atoms with Crippen molar-refractivity contribution in [1.29, 1.82) is 0 Å². The second kappa shape index (κ2) is 7.11. The maximum atomic E-state index is 11.5. The van der Waals surface area contributed by atoms with Crippen LogP contribution in [0.4, 0.5) is 0 Å². The van der Waals surface area contributed by atoms with Gasteiger partial charge < -0.3 is 4.74 Å². The van der Waals surface area contributed by atoms with E-state index in [4.69, 9.17) is 22.2 Å². The molecule has 2 aromatic carbocycles. The molecule has 2 aromatic rings. The molecule has 2 rings (SSSR count). The van der Waals surface area contributed by atoms with E-state index < -0.39 is 6.10 Å². The highest BCUT2D eigenvalue weighted by Gasteiger charge is 2.18. The van der Waals surface area contributed by atoms with Gasteiger partial charge in [-0.2, -0.15) is 0 Å². The van der Waals surface area contributed by atoms with Gasteiger partial charge >= 0.3 is 0 Å². The van der Waals surface area contributed by atoms with Crippen LogP contribution in [0.1, 0.15) is 13.3 Å². The van der Waals surface area contributed by atoms with Crippen molar-refractivity contribution in [3.63, 3.8) is 0 Å². The number of hydrogen-bond donors (Lipinski definition) is 2. The molecule has 0 aliphatic heterocycles. The van der Waals surface area contributed by atoms with E-state index in [1.54, 1.807) is 6.07 Å². The van der Waals surface area contributed by atoms with E-state index in [-0.39, 0.29) is 5.91 Å². The smallest absolute Gasteiger partial charge is 0.274 e. The Labute approximate surface area is 128 Å². The summed E-state index contributed by atoms with van der Waals surface area (Å²) in [6.45, 7) is 1.84. The summed E-state index contributed by atoms with van der Waals surface area (Å²) in [5.74, 6) is 5.22. The molecule has 0 aliphatic rings. The molecule has 21 heavy (non-hydrogen) atoms. The van der Waals surface area contributed by atoms with Crippen molar-refractivity contribution < 1.29 is 9.53 Å². The van der Waals surface area contributed by atoms with Gasteiger partial charge in [0.2, 0.25) is 0 Å². The third-order valence-electron chi connectivity index (χ3n) is 3.11. The molecule has 0 fully saturated rings. The van der Waals surface area contributed by atoms with Crippen LogP contribution in [0.15, 0.2) is 48.5 Å². The summed E-state index contributed by atoms with van der Waals surface area (Å²) in [4.78, 5) is 11.5. The average Bonchev–Trinajstić information content (AvgIpc) is 2.53. The van der Waals surface area contributed by atoms with E-state index in [9.17, 15) is 4.79 Å². The molecule has 0 saturated heterocycles. The number of carbonyl (C=O) groups is 1. The molecule has 1 atom stereocenters. The molecule has 110 valence electrons. The van der Waals surface area contributed by atoms with E-state index in [0.29, 0.717) is 17.2 Å². The van der Waals surface area contributed by atoms with Crippen LogP contribution < -0.4 is 16.0 Å². The highest BCUT2D eigenvalue weighted by Crippen LogP contribution is 2.31. The Kier molecular flexibility index (Phi) is 5.20. The first-order valence-corrected chi connectivity index (χ1v) is 7.05. The monoisotopic (exact) mass is 304 g/mol. The summed E-state index contributed by atoms with van der Waals surface area (Å²) < 4.78 is 5.61. The van der Waals surface area contributed by atoms with Crippen LogP contribution in [0.2, 0.25) is 5.02 Å². The second-order valence-electron chi connectivity index (χ2n) is 4.53. The number of halogens is 1. The first-order chi connectivity index (χ1) is 10.2. The highest BCUT2D eigenvalue weighted by atomic mass is 35.5. The fourth-order valence-electron chi connectivity index (χ4n) is 1.98. The Morgan fingerprint density at radius 1 is 1.24 bits per heavy atom. The van der Waals surface area contributed by atoms with Gasteiger partial charge in [0.15, 0.2) is 6.10 Å². The van der Waals surface area contributed by atoms with Crippen molar-refractivity contribution in [2.75, 3.05) is 0 Å². The molecule has 0 heterocycles. The number of nitrogens with two attached hydrogens (primary N) is 1. The number of amides is 1. The van der Waals surface area contributed by atoms with Gasteiger partial charge in [-0.25, -0.2) is 5.84 Å². The zero-order valence-electron chi connectivity index (χ0n) is 11.7. The highest BCUT2D eigenvalue weighted by molar-refractivity contribution is 6.32. The summed E-state index contributed by atoms with van der Waals surface area (Å²) in [5.41, 5.74) is 4.14. The molecular formula is C16H17ClN2O2. The molecule has 0 saturated carbocycles. The number of ether oxygens (including phenoxy) is 1. The van der Waals surface area contributed by atoms with Crippen molar-refractivity contribution in [3.8, 4) is 16.9 Å². The molecular weight excluding hydrogens is 288 g/mol. The largest absolute Gasteiger partial charge is 0.479 e. The maximum absolute atomic E-state index is 11.5. The molecule has 4 nitrogen and oxygen atoms in total. The van der Waals surface area contributed by atoms with Crippen molar-refractivity contribution in [1.82, 2.24) is 5.43 Å². The zero-order valence-corrected chi connectivity index (χ0v) is 12.4. The minimum Gasteiger partial charge on any atom is -0.479 e. The Hall–Kier alpha value is -2.04. The van der Waals surface area contributed by atoms with Crippen LogP contribution in [-0.4, -0.2) is 12.0 Å². The van der Waals surface area contributed by atoms with Crippen molar-refractivity contribution in [2.45, 2.75) is 19.4 Å². The lowest BCUT2D eigenvalue weighted by atomic mass is 10.1. The Bertz CT molecular complexity index is 617. The van der Waals surface area contributed by atoms with E-state index in [1.807, 2.05) is 49.4 Å². The standard InChI is InChI=1S/C16H17ClN2O2/c1-2-14(16(20)19-18)21-15-9-8-12(10-13(15)17)11-6-4-3-5-7-11/h3-10,14H,2,18H2,1H3,(H,19,20). The number of benzene rings is 2. The molecule has 1 unspecified atom stereocenters. The Morgan fingerprint density at radius 3 is 2.52 bits per heavy atom. The fraction of sp³-hybridized carbons (Fsp3) is 0.188. The van der Waals surface area contributed by atoms with Gasteiger partial charge in [-0.3, -0.25) is 10.2 Å². The van der Waals surface area contributed by atoms with E-state index in [2.05, 4.69) is 5.43 Å². The van der Waals surface area contributed by atoms with Crippen LogP contribution >= 0.6 is 11.6 Å². The lowest BCUT2D eigenvalue weighted by molar-refractivity contribution is -0.128. The predicted octanol–water partition coefficient (Wildman–Crippen LogP) is 3.15. The van der Waals surface area contributed by atoms with E-state index >= 15 is 0 Å². The van der Waals surface area contributed by atoms with E-state index in [1.165, 1.54) is 0 Å². The van der Waals surface area contributed by atoms with Crippen LogP contribution in [-0.2, 0) is 4.79 Å². The minimum atomic E-state index is -0.657. The normalized spacial score (nSPS) is 11.8. The summed E-state index contributed by atoms with van der Waals surface area (Å²) in [6.07, 6.45) is -0.158. The van der Waals surface area contributed by atoms with Gasteiger partial charge in [-0.1, -0.05) is 54.9 Å². The summed E-state index contributed by atoms with van der Waals surface area (Å²) in [6, 6.07) is 15.4. The predicted molar refractivity (Wildman–Crippen MR) is 83.9 cm³/mol. The van der Waals surface area contributed by atoms with Crippen LogP contribution in [0.5, 0.6) is 5.75 Å². The molecule has 0 spiro atoms. The van der Waals surface area contributed by atoms with Crippen LogP contribution in [0, 0.1) is 0 Å². The average molecular weight is 305 g/mol. The topological polar surface area (TPSA) is 64.3 Å². The van der Waals surface area contributed by atoms with Crippen molar-refractivity contribution >= 4 is 17.5 Å². The molecule has 5 heteroatoms. The summed E-state index contributed by atoms with van der Waals surface area (Å²) in [7, 11) is 0. The van der Waals surface area contributed by atoms with Gasteiger partial charge in [0.05, 0.1) is 5.02 Å². The SMILES string of the molecule is CCC(Oc1ccc(-c2ccccc2)cc1Cl)C(=O)NN. The van der Waals surface area contributed by atoms with E-state index in [0.717, 1.165) is 11.1 Å². The van der Waals surface area contributed by atoms with Gasteiger partial charge in [-0.15, -0.1) is 0 Å². The first kappa shape index (κ1) is 15.4. The number of hydrogen-bond acceptors (Lipinski definition) is 3. The molecule has 0 radical (unpaired) electrons. The Balaban J connectivity index is 2.22. The summed E-state index contributed by atoms with van der Waals surface area (Å²) in [5, 5.41) is 0.458. The zero-order chi connectivity index (χ0) is 15.2. The number of hydrazine groups is 1. The van der Waals surface area contributed by atoms with Crippen LogP contribution in [0.25, 0.3) is 11.1 Å². The first-order valence-electron chi connectivity index (χ1n) is 6.67. The lowest BCUT2D eigenvalue weighted by Crippen LogP contribution is -2.41. The fourth-order valence-corrected chi connectivity index (χ4v) is 2.20. The van der Waals surface area contributed by atoms with Gasteiger partial charge in [0.25, 0.3) is 5.91 Å². The van der Waals surface area contributed by atoms with Gasteiger partial charge in [0, 0.05) is 0 Å². The number of carbonyl (C=O) groups excluding carboxylic acids is 1. The molecule has 0 bridgehead atoms. The third-order valence-corrected chi connectivity index (χ3v) is 3.41. The van der Waals surface area contributed by atoms with Gasteiger partial charge in [-0.05, 0) is 29.7 Å². The Morgan fingerprint density at radius 2 is 1.95 bits per heavy atom. The summed E-state index contributed by atoms with van der Waals surface area (Å²) >= 11 is 6.24. The quantitative estimate of drug-likeness (QED) is 0.506. The lowest BCUT2D eigenvalue weighted by Gasteiger charge is -2.17. The molecule has 0 aromatic heterocycles.